The molecule has 0 atom stereocenters. The zero-order valence-electron chi connectivity index (χ0n) is 10.4. The topological polar surface area (TPSA) is 61.4 Å². The van der Waals surface area contributed by atoms with Crippen molar-refractivity contribution in [2.75, 3.05) is 39.5 Å². The van der Waals surface area contributed by atoms with Gasteiger partial charge in [0.15, 0.2) is 0 Å². The fourth-order valence-electron chi connectivity index (χ4n) is 1.36. The Balaban J connectivity index is 3.00. The smallest absolute Gasteiger partial charge is 0.244 e. The first-order chi connectivity index (χ1) is 8.00. The van der Waals surface area contributed by atoms with E-state index in [0.717, 1.165) is 6.54 Å². The summed E-state index contributed by atoms with van der Waals surface area (Å²) in [5.41, 5.74) is 0.636. The van der Waals surface area contributed by atoms with Crippen LogP contribution in [0.2, 0.25) is 0 Å². The van der Waals surface area contributed by atoms with E-state index >= 15 is 0 Å². The number of nitrogens with one attached hydrogen (secondary N) is 2. The van der Waals surface area contributed by atoms with Gasteiger partial charge in [-0.25, -0.2) is 12.7 Å². The lowest BCUT2D eigenvalue weighted by molar-refractivity contribution is 0.521. The monoisotopic (exact) mass is 257 g/mol. The van der Waals surface area contributed by atoms with Gasteiger partial charge in [-0.1, -0.05) is 12.1 Å². The molecule has 0 spiro atoms. The van der Waals surface area contributed by atoms with Gasteiger partial charge in [0, 0.05) is 27.2 Å². The number of rotatable bonds is 6. The summed E-state index contributed by atoms with van der Waals surface area (Å²) in [6, 6.07) is 6.92. The Morgan fingerprint density at radius 2 is 1.82 bits per heavy atom. The number of benzene rings is 1. The molecule has 5 nitrogen and oxygen atoms in total. The van der Waals surface area contributed by atoms with Crippen LogP contribution in [-0.2, 0) is 10.0 Å². The van der Waals surface area contributed by atoms with Crippen LogP contribution in [0.4, 0.5) is 5.69 Å². The Hall–Kier alpha value is -1.11. The van der Waals surface area contributed by atoms with Crippen LogP contribution in [0.3, 0.4) is 0 Å². The predicted octanol–water partition coefficient (Wildman–Crippen LogP) is 0.568. The summed E-state index contributed by atoms with van der Waals surface area (Å²) in [5.74, 6) is 0. The van der Waals surface area contributed by atoms with E-state index in [0.29, 0.717) is 17.1 Å². The van der Waals surface area contributed by atoms with Gasteiger partial charge < -0.3 is 10.6 Å². The molecule has 2 N–H and O–H groups in total. The molecule has 0 radical (unpaired) electrons. The molecule has 0 heterocycles. The van der Waals surface area contributed by atoms with Crippen LogP contribution >= 0.6 is 0 Å². The van der Waals surface area contributed by atoms with Crippen molar-refractivity contribution in [1.29, 1.82) is 0 Å². The second-order valence-corrected chi connectivity index (χ2v) is 5.93. The summed E-state index contributed by atoms with van der Waals surface area (Å²) >= 11 is 0. The first-order valence-electron chi connectivity index (χ1n) is 5.40. The maximum Gasteiger partial charge on any atom is 0.244 e. The van der Waals surface area contributed by atoms with E-state index in [9.17, 15) is 8.42 Å². The number of hydrogen-bond acceptors (Lipinski definition) is 4. The van der Waals surface area contributed by atoms with Gasteiger partial charge in [0.2, 0.25) is 10.0 Å². The largest absolute Gasteiger partial charge is 0.383 e. The number of likely N-dealkylation sites (N-methyl/N-ethyl adjacent to an activating group) is 1. The summed E-state index contributed by atoms with van der Waals surface area (Å²) in [6.07, 6.45) is 0. The van der Waals surface area contributed by atoms with Crippen molar-refractivity contribution in [3.8, 4) is 0 Å². The predicted molar refractivity (Wildman–Crippen MR) is 69.7 cm³/mol. The molecule has 0 aliphatic carbocycles. The van der Waals surface area contributed by atoms with Crippen molar-refractivity contribution in [3.05, 3.63) is 24.3 Å². The molecule has 0 saturated heterocycles. The van der Waals surface area contributed by atoms with Gasteiger partial charge in [0.05, 0.1) is 5.69 Å². The average Bonchev–Trinajstić information content (AvgIpc) is 2.29. The van der Waals surface area contributed by atoms with E-state index in [2.05, 4.69) is 10.6 Å². The number of nitrogens with zero attached hydrogens (tertiary/aromatic N) is 1. The lowest BCUT2D eigenvalue weighted by Crippen LogP contribution is -2.24. The van der Waals surface area contributed by atoms with E-state index < -0.39 is 10.0 Å². The normalized spacial score (nSPS) is 11.8. The van der Waals surface area contributed by atoms with E-state index in [-0.39, 0.29) is 0 Å². The minimum Gasteiger partial charge on any atom is -0.383 e. The van der Waals surface area contributed by atoms with Crippen LogP contribution in [0.15, 0.2) is 29.2 Å². The average molecular weight is 257 g/mol. The van der Waals surface area contributed by atoms with Crippen molar-refractivity contribution < 1.29 is 8.42 Å². The van der Waals surface area contributed by atoms with Crippen LogP contribution in [-0.4, -0.2) is 47.0 Å². The van der Waals surface area contributed by atoms with Gasteiger partial charge in [0.25, 0.3) is 0 Å². The molecule has 0 unspecified atom stereocenters. The molecule has 1 aromatic rings. The molecule has 0 aliphatic heterocycles. The highest BCUT2D eigenvalue weighted by molar-refractivity contribution is 7.89. The third-order valence-corrected chi connectivity index (χ3v) is 4.21. The van der Waals surface area contributed by atoms with Gasteiger partial charge in [-0.3, -0.25) is 0 Å². The zero-order valence-corrected chi connectivity index (χ0v) is 11.2. The van der Waals surface area contributed by atoms with Crippen molar-refractivity contribution in [2.24, 2.45) is 0 Å². The Morgan fingerprint density at radius 3 is 2.41 bits per heavy atom. The number of sulfonamides is 1. The Kier molecular flexibility index (Phi) is 4.92. The van der Waals surface area contributed by atoms with Gasteiger partial charge >= 0.3 is 0 Å². The second-order valence-electron chi connectivity index (χ2n) is 3.81. The van der Waals surface area contributed by atoms with Crippen molar-refractivity contribution >= 4 is 15.7 Å². The highest BCUT2D eigenvalue weighted by Gasteiger charge is 2.20. The van der Waals surface area contributed by atoms with Crippen LogP contribution in [0.25, 0.3) is 0 Å². The molecule has 0 amide bonds. The lowest BCUT2D eigenvalue weighted by atomic mass is 10.3. The van der Waals surface area contributed by atoms with Gasteiger partial charge in [0.1, 0.15) is 4.90 Å². The second kappa shape index (κ2) is 6.00. The number of hydrogen-bond donors (Lipinski definition) is 2. The highest BCUT2D eigenvalue weighted by atomic mass is 32.2. The van der Waals surface area contributed by atoms with Crippen LogP contribution < -0.4 is 10.6 Å². The number of anilines is 1. The molecule has 0 saturated carbocycles. The minimum absolute atomic E-state index is 0.307. The fraction of sp³-hybridized carbons (Fsp3) is 0.455. The quantitative estimate of drug-likeness (QED) is 0.731. The molecule has 0 bridgehead atoms. The molecular weight excluding hydrogens is 238 g/mol. The van der Waals surface area contributed by atoms with Crippen LogP contribution in [0.1, 0.15) is 0 Å². The summed E-state index contributed by atoms with van der Waals surface area (Å²) in [7, 11) is 1.51. The van der Waals surface area contributed by atoms with Gasteiger partial charge in [-0.2, -0.15) is 0 Å². The first-order valence-corrected chi connectivity index (χ1v) is 6.84. The van der Waals surface area contributed by atoms with Crippen molar-refractivity contribution in [3.63, 3.8) is 0 Å². The van der Waals surface area contributed by atoms with E-state index in [1.54, 1.807) is 18.2 Å². The lowest BCUT2D eigenvalue weighted by Gasteiger charge is -2.16. The third kappa shape index (κ3) is 3.42. The molecule has 17 heavy (non-hydrogen) atoms. The third-order valence-electron chi connectivity index (χ3n) is 2.34. The molecule has 0 aromatic heterocycles. The van der Waals surface area contributed by atoms with Crippen molar-refractivity contribution in [1.82, 2.24) is 9.62 Å². The van der Waals surface area contributed by atoms with E-state index in [1.807, 2.05) is 13.1 Å². The maximum atomic E-state index is 12.1. The molecular formula is C11H19N3O2S. The highest BCUT2D eigenvalue weighted by Crippen LogP contribution is 2.22. The minimum atomic E-state index is -3.39. The first kappa shape index (κ1) is 14.0. The Morgan fingerprint density at radius 1 is 1.18 bits per heavy atom. The number of para-hydroxylation sites is 1. The molecule has 0 aliphatic rings. The summed E-state index contributed by atoms with van der Waals surface area (Å²) < 4.78 is 25.3. The molecule has 6 heteroatoms. The van der Waals surface area contributed by atoms with E-state index in [1.165, 1.54) is 18.4 Å². The van der Waals surface area contributed by atoms with Crippen LogP contribution in [0, 0.1) is 0 Å². The van der Waals surface area contributed by atoms with Crippen molar-refractivity contribution in [2.45, 2.75) is 4.90 Å². The molecule has 1 aromatic carbocycles. The summed E-state index contributed by atoms with van der Waals surface area (Å²) in [4.78, 5) is 0.307. The molecule has 0 fully saturated rings. The van der Waals surface area contributed by atoms with Gasteiger partial charge in [-0.15, -0.1) is 0 Å². The summed E-state index contributed by atoms with van der Waals surface area (Å²) in [5, 5.41) is 6.10. The Bertz CT molecular complexity index is 458. The van der Waals surface area contributed by atoms with Gasteiger partial charge in [-0.05, 0) is 19.2 Å². The summed E-state index contributed by atoms with van der Waals surface area (Å²) in [6.45, 7) is 1.45. The molecule has 96 valence electrons. The molecule has 1 rings (SSSR count). The maximum absolute atomic E-state index is 12.1. The SMILES string of the molecule is CNCCNc1ccccc1S(=O)(=O)N(C)C. The Labute approximate surface area is 103 Å². The van der Waals surface area contributed by atoms with E-state index in [4.69, 9.17) is 0 Å². The fourth-order valence-corrected chi connectivity index (χ4v) is 2.42. The van der Waals surface area contributed by atoms with Crippen LogP contribution in [0.5, 0.6) is 0 Å². The standard InChI is InChI=1S/C11H19N3O2S/c1-12-8-9-13-10-6-4-5-7-11(10)17(15,16)14(2)3/h4-7,12-13H,8-9H2,1-3H3. The zero-order chi connectivity index (χ0) is 12.9.